The van der Waals surface area contributed by atoms with E-state index in [2.05, 4.69) is 27.5 Å². The summed E-state index contributed by atoms with van der Waals surface area (Å²) in [4.78, 5) is 2.06. The predicted molar refractivity (Wildman–Crippen MR) is 90.9 cm³/mol. The minimum atomic E-state index is 0.535. The molecule has 0 N–H and O–H groups in total. The zero-order chi connectivity index (χ0) is 14.4. The van der Waals surface area contributed by atoms with E-state index in [1.54, 1.807) is 0 Å². The molecular formula is C16H18INO2. The van der Waals surface area contributed by atoms with Crippen LogP contribution in [0.2, 0.25) is 0 Å². The SMILES string of the molecule is CN(C)c1ccc(OCCOc2cccc(I)c2)cc1. The van der Waals surface area contributed by atoms with Gasteiger partial charge in [-0.1, -0.05) is 6.07 Å². The van der Waals surface area contributed by atoms with E-state index in [9.17, 15) is 0 Å². The standard InChI is InChI=1S/C16H18INO2/c1-18(2)14-6-8-15(9-7-14)19-10-11-20-16-5-3-4-13(17)12-16/h3-9,12H,10-11H2,1-2H3. The van der Waals surface area contributed by atoms with Crippen LogP contribution in [0.15, 0.2) is 48.5 Å². The largest absolute Gasteiger partial charge is 0.490 e. The molecule has 0 atom stereocenters. The van der Waals surface area contributed by atoms with Gasteiger partial charge in [-0.25, -0.2) is 0 Å². The molecule has 0 aliphatic heterocycles. The van der Waals surface area contributed by atoms with Crippen LogP contribution in [0.25, 0.3) is 0 Å². The fourth-order valence-corrected chi connectivity index (χ4v) is 2.23. The second-order valence-corrected chi connectivity index (χ2v) is 5.79. The normalized spacial score (nSPS) is 10.2. The van der Waals surface area contributed by atoms with Gasteiger partial charge in [0.2, 0.25) is 0 Å². The van der Waals surface area contributed by atoms with Crippen LogP contribution in [0, 0.1) is 3.57 Å². The molecule has 3 nitrogen and oxygen atoms in total. The van der Waals surface area contributed by atoms with E-state index in [4.69, 9.17) is 9.47 Å². The van der Waals surface area contributed by atoms with E-state index in [-0.39, 0.29) is 0 Å². The third-order valence-corrected chi connectivity index (χ3v) is 3.44. The average Bonchev–Trinajstić information content (AvgIpc) is 2.44. The summed E-state index contributed by atoms with van der Waals surface area (Å²) in [7, 11) is 4.04. The monoisotopic (exact) mass is 383 g/mol. The lowest BCUT2D eigenvalue weighted by Crippen LogP contribution is -2.10. The lowest BCUT2D eigenvalue weighted by Gasteiger charge is -2.13. The molecule has 0 aliphatic carbocycles. The molecule has 0 saturated heterocycles. The molecule has 4 heteroatoms. The fraction of sp³-hybridized carbons (Fsp3) is 0.250. The Bertz CT molecular complexity index is 540. The average molecular weight is 383 g/mol. The van der Waals surface area contributed by atoms with Crippen molar-refractivity contribution in [3.63, 3.8) is 0 Å². The maximum atomic E-state index is 5.65. The third kappa shape index (κ3) is 4.59. The fourth-order valence-electron chi connectivity index (χ4n) is 1.72. The second-order valence-electron chi connectivity index (χ2n) is 4.54. The van der Waals surface area contributed by atoms with Crippen LogP contribution < -0.4 is 14.4 Å². The zero-order valence-corrected chi connectivity index (χ0v) is 13.8. The van der Waals surface area contributed by atoms with E-state index in [0.29, 0.717) is 13.2 Å². The van der Waals surface area contributed by atoms with Gasteiger partial charge in [-0.3, -0.25) is 0 Å². The lowest BCUT2D eigenvalue weighted by atomic mass is 10.3. The van der Waals surface area contributed by atoms with Crippen molar-refractivity contribution in [2.45, 2.75) is 0 Å². The molecule has 2 rings (SSSR count). The Morgan fingerprint density at radius 1 is 0.900 bits per heavy atom. The minimum Gasteiger partial charge on any atom is -0.490 e. The van der Waals surface area contributed by atoms with Crippen LogP contribution in [0.3, 0.4) is 0 Å². The molecule has 106 valence electrons. The van der Waals surface area contributed by atoms with E-state index in [1.165, 1.54) is 3.57 Å². The molecule has 0 saturated carbocycles. The van der Waals surface area contributed by atoms with E-state index in [1.807, 2.05) is 62.6 Å². The van der Waals surface area contributed by atoms with Crippen molar-refractivity contribution in [2.75, 3.05) is 32.2 Å². The number of ether oxygens (including phenoxy) is 2. The number of rotatable bonds is 6. The first kappa shape index (κ1) is 15.0. The van der Waals surface area contributed by atoms with E-state index < -0.39 is 0 Å². The first-order valence-corrected chi connectivity index (χ1v) is 7.51. The van der Waals surface area contributed by atoms with Gasteiger partial charge < -0.3 is 14.4 Å². The van der Waals surface area contributed by atoms with Crippen LogP contribution in [0.5, 0.6) is 11.5 Å². The van der Waals surface area contributed by atoms with Gasteiger partial charge in [-0.15, -0.1) is 0 Å². The molecule has 0 radical (unpaired) electrons. The van der Waals surface area contributed by atoms with Crippen molar-refractivity contribution in [1.29, 1.82) is 0 Å². The molecule has 0 fully saturated rings. The first-order chi connectivity index (χ1) is 9.65. The first-order valence-electron chi connectivity index (χ1n) is 6.44. The predicted octanol–water partition coefficient (Wildman–Crippen LogP) is 3.82. The van der Waals surface area contributed by atoms with Crippen molar-refractivity contribution in [3.05, 3.63) is 52.1 Å². The van der Waals surface area contributed by atoms with E-state index in [0.717, 1.165) is 17.2 Å². The Morgan fingerprint density at radius 2 is 1.55 bits per heavy atom. The molecule has 0 aliphatic rings. The third-order valence-electron chi connectivity index (χ3n) is 2.77. The molecule has 2 aromatic rings. The Morgan fingerprint density at radius 3 is 2.15 bits per heavy atom. The summed E-state index contributed by atoms with van der Waals surface area (Å²) in [6, 6.07) is 16.0. The van der Waals surface area contributed by atoms with E-state index >= 15 is 0 Å². The van der Waals surface area contributed by atoms with Crippen LogP contribution in [-0.4, -0.2) is 27.3 Å². The number of hydrogen-bond acceptors (Lipinski definition) is 3. The molecule has 0 spiro atoms. The van der Waals surface area contributed by atoms with Crippen LogP contribution in [0.1, 0.15) is 0 Å². The van der Waals surface area contributed by atoms with Gasteiger partial charge in [-0.2, -0.15) is 0 Å². The van der Waals surface area contributed by atoms with Crippen molar-refractivity contribution in [3.8, 4) is 11.5 Å². The van der Waals surface area contributed by atoms with Gasteiger partial charge in [0, 0.05) is 23.4 Å². The summed E-state index contributed by atoms with van der Waals surface area (Å²) >= 11 is 2.27. The maximum Gasteiger partial charge on any atom is 0.122 e. The number of hydrogen-bond donors (Lipinski definition) is 0. The van der Waals surface area contributed by atoms with Crippen molar-refractivity contribution in [1.82, 2.24) is 0 Å². The molecular weight excluding hydrogens is 365 g/mol. The minimum absolute atomic E-state index is 0.535. The van der Waals surface area contributed by atoms with Crippen molar-refractivity contribution < 1.29 is 9.47 Å². The highest BCUT2D eigenvalue weighted by atomic mass is 127. The molecule has 0 heterocycles. The van der Waals surface area contributed by atoms with Gasteiger partial charge in [0.25, 0.3) is 0 Å². The molecule has 0 aromatic heterocycles. The quantitative estimate of drug-likeness (QED) is 0.559. The Hall–Kier alpha value is -1.43. The molecule has 0 bridgehead atoms. The van der Waals surface area contributed by atoms with Crippen LogP contribution >= 0.6 is 22.6 Å². The summed E-state index contributed by atoms with van der Waals surface area (Å²) in [5, 5.41) is 0. The molecule has 20 heavy (non-hydrogen) atoms. The van der Waals surface area contributed by atoms with Crippen LogP contribution in [-0.2, 0) is 0 Å². The summed E-state index contributed by atoms with van der Waals surface area (Å²) < 4.78 is 12.4. The molecule has 0 amide bonds. The Kier molecular flexibility index (Phi) is 5.52. The van der Waals surface area contributed by atoms with Gasteiger partial charge in [-0.05, 0) is 65.1 Å². The van der Waals surface area contributed by atoms with Crippen molar-refractivity contribution >= 4 is 28.3 Å². The summed E-state index contributed by atoms with van der Waals surface area (Å²) in [6.07, 6.45) is 0. The molecule has 0 unspecified atom stereocenters. The smallest absolute Gasteiger partial charge is 0.122 e. The van der Waals surface area contributed by atoms with Gasteiger partial charge in [0.15, 0.2) is 0 Å². The van der Waals surface area contributed by atoms with Gasteiger partial charge in [0.05, 0.1) is 0 Å². The number of halogens is 1. The van der Waals surface area contributed by atoms with Crippen LogP contribution in [0.4, 0.5) is 5.69 Å². The van der Waals surface area contributed by atoms with Gasteiger partial charge in [0.1, 0.15) is 24.7 Å². The number of anilines is 1. The number of benzene rings is 2. The maximum absolute atomic E-state index is 5.65. The molecule has 2 aromatic carbocycles. The second kappa shape index (κ2) is 7.38. The Labute approximate surface area is 133 Å². The zero-order valence-electron chi connectivity index (χ0n) is 11.7. The summed E-state index contributed by atoms with van der Waals surface area (Å²) in [6.45, 7) is 1.07. The topological polar surface area (TPSA) is 21.7 Å². The summed E-state index contributed by atoms with van der Waals surface area (Å²) in [5.41, 5.74) is 1.16. The Balaban J connectivity index is 1.75. The highest BCUT2D eigenvalue weighted by Crippen LogP contribution is 2.18. The summed E-state index contributed by atoms with van der Waals surface area (Å²) in [5.74, 6) is 1.74. The lowest BCUT2D eigenvalue weighted by molar-refractivity contribution is 0.217. The van der Waals surface area contributed by atoms with Gasteiger partial charge >= 0.3 is 0 Å². The number of nitrogens with zero attached hydrogens (tertiary/aromatic N) is 1. The van der Waals surface area contributed by atoms with Crippen molar-refractivity contribution in [2.24, 2.45) is 0 Å². The highest BCUT2D eigenvalue weighted by Gasteiger charge is 1.98. The highest BCUT2D eigenvalue weighted by molar-refractivity contribution is 14.1.